The molecule has 1 aromatic rings. The van der Waals surface area contributed by atoms with Crippen LogP contribution in [0.1, 0.15) is 49.5 Å². The lowest BCUT2D eigenvalue weighted by atomic mass is 9.75. The van der Waals surface area contributed by atoms with E-state index in [1.54, 1.807) is 0 Å². The first-order valence-electron chi connectivity index (χ1n) is 7.69. The van der Waals surface area contributed by atoms with Gasteiger partial charge in [0.05, 0.1) is 11.3 Å². The number of carbonyl (C=O) groups excluding carboxylic acids is 1. The highest BCUT2D eigenvalue weighted by Gasteiger charge is 2.31. The SMILES string of the molecule is Cc1ccc(C(=O)N2CCC(C(C)(C)C)CC2)c(NN)c1. The Morgan fingerprint density at radius 1 is 1.29 bits per heavy atom. The lowest BCUT2D eigenvalue weighted by molar-refractivity contribution is 0.0609. The summed E-state index contributed by atoms with van der Waals surface area (Å²) < 4.78 is 0. The fourth-order valence-corrected chi connectivity index (χ4v) is 3.08. The molecule has 116 valence electrons. The molecule has 1 aromatic carbocycles. The molecular formula is C17H27N3O. The van der Waals surface area contributed by atoms with Gasteiger partial charge in [0.15, 0.2) is 0 Å². The Bertz CT molecular complexity index is 511. The van der Waals surface area contributed by atoms with Gasteiger partial charge < -0.3 is 10.3 Å². The number of hydrogen-bond donors (Lipinski definition) is 2. The zero-order chi connectivity index (χ0) is 15.6. The molecule has 1 saturated heterocycles. The van der Waals surface area contributed by atoms with E-state index >= 15 is 0 Å². The summed E-state index contributed by atoms with van der Waals surface area (Å²) in [6, 6.07) is 5.73. The van der Waals surface area contributed by atoms with Crippen LogP contribution in [0.3, 0.4) is 0 Å². The number of hydrazine groups is 1. The molecule has 1 fully saturated rings. The molecule has 0 bridgehead atoms. The molecule has 1 amide bonds. The van der Waals surface area contributed by atoms with Gasteiger partial charge in [0.1, 0.15) is 0 Å². The molecule has 0 aromatic heterocycles. The van der Waals surface area contributed by atoms with E-state index in [1.807, 2.05) is 30.0 Å². The first-order chi connectivity index (χ1) is 9.82. The van der Waals surface area contributed by atoms with Gasteiger partial charge in [-0.25, -0.2) is 0 Å². The maximum absolute atomic E-state index is 12.7. The number of anilines is 1. The van der Waals surface area contributed by atoms with E-state index in [0.717, 1.165) is 31.5 Å². The number of amides is 1. The Labute approximate surface area is 127 Å². The lowest BCUT2D eigenvalue weighted by Crippen LogP contribution is -2.41. The Morgan fingerprint density at radius 2 is 1.90 bits per heavy atom. The summed E-state index contributed by atoms with van der Waals surface area (Å²) in [5.41, 5.74) is 5.42. The summed E-state index contributed by atoms with van der Waals surface area (Å²) in [6.45, 7) is 10.5. The average Bonchev–Trinajstić information content (AvgIpc) is 2.45. The van der Waals surface area contributed by atoms with Crippen molar-refractivity contribution in [2.75, 3.05) is 18.5 Å². The van der Waals surface area contributed by atoms with Crippen LogP contribution in [0, 0.1) is 18.3 Å². The summed E-state index contributed by atoms with van der Waals surface area (Å²) in [5.74, 6) is 6.31. The molecule has 4 heteroatoms. The molecule has 0 atom stereocenters. The number of hydrogen-bond acceptors (Lipinski definition) is 3. The fraction of sp³-hybridized carbons (Fsp3) is 0.588. The molecule has 0 spiro atoms. The van der Waals surface area contributed by atoms with Crippen molar-refractivity contribution >= 4 is 11.6 Å². The summed E-state index contributed by atoms with van der Waals surface area (Å²) >= 11 is 0. The normalized spacial score (nSPS) is 16.9. The van der Waals surface area contributed by atoms with E-state index in [9.17, 15) is 4.79 Å². The van der Waals surface area contributed by atoms with Crippen LogP contribution < -0.4 is 11.3 Å². The molecule has 1 aliphatic rings. The quantitative estimate of drug-likeness (QED) is 0.649. The molecule has 0 unspecified atom stereocenters. The van der Waals surface area contributed by atoms with Crippen LogP contribution in [0.15, 0.2) is 18.2 Å². The van der Waals surface area contributed by atoms with Gasteiger partial charge in [-0.05, 0) is 48.8 Å². The molecular weight excluding hydrogens is 262 g/mol. The molecule has 1 heterocycles. The standard InChI is InChI=1S/C17H27N3O/c1-12-5-6-14(15(11-12)19-18)16(21)20-9-7-13(8-10-20)17(2,3)4/h5-6,11,13,19H,7-10,18H2,1-4H3. The fourth-order valence-electron chi connectivity index (χ4n) is 3.08. The van der Waals surface area contributed by atoms with Gasteiger partial charge in [-0.3, -0.25) is 10.6 Å². The third-order valence-electron chi connectivity index (χ3n) is 4.57. The van der Waals surface area contributed by atoms with Gasteiger partial charge in [-0.15, -0.1) is 0 Å². The second-order valence-electron chi connectivity index (χ2n) is 7.13. The Balaban J connectivity index is 2.09. The minimum Gasteiger partial charge on any atom is -0.339 e. The van der Waals surface area contributed by atoms with Crippen LogP contribution >= 0.6 is 0 Å². The van der Waals surface area contributed by atoms with Crippen molar-refractivity contribution in [1.82, 2.24) is 4.90 Å². The minimum atomic E-state index is 0.0790. The topological polar surface area (TPSA) is 58.4 Å². The van der Waals surface area contributed by atoms with E-state index in [4.69, 9.17) is 5.84 Å². The molecule has 0 aliphatic carbocycles. The Kier molecular flexibility index (Phi) is 4.57. The third-order valence-corrected chi connectivity index (χ3v) is 4.57. The number of rotatable bonds is 2. The van der Waals surface area contributed by atoms with Crippen LogP contribution in [0.25, 0.3) is 0 Å². The molecule has 21 heavy (non-hydrogen) atoms. The van der Waals surface area contributed by atoms with Crippen molar-refractivity contribution in [1.29, 1.82) is 0 Å². The molecule has 0 saturated carbocycles. The summed E-state index contributed by atoms with van der Waals surface area (Å²) in [4.78, 5) is 14.6. The largest absolute Gasteiger partial charge is 0.339 e. The predicted molar refractivity (Wildman–Crippen MR) is 87.1 cm³/mol. The summed E-state index contributed by atoms with van der Waals surface area (Å²) in [5, 5.41) is 0. The molecule has 2 rings (SSSR count). The Hall–Kier alpha value is -1.55. The molecule has 4 nitrogen and oxygen atoms in total. The van der Waals surface area contributed by atoms with E-state index in [-0.39, 0.29) is 5.91 Å². The minimum absolute atomic E-state index is 0.0790. The first kappa shape index (κ1) is 15.8. The predicted octanol–water partition coefficient (Wildman–Crippen LogP) is 3.18. The van der Waals surface area contributed by atoms with Crippen molar-refractivity contribution in [3.63, 3.8) is 0 Å². The van der Waals surface area contributed by atoms with Gasteiger partial charge in [-0.1, -0.05) is 26.8 Å². The maximum Gasteiger partial charge on any atom is 0.256 e. The van der Waals surface area contributed by atoms with E-state index in [0.29, 0.717) is 22.6 Å². The number of likely N-dealkylation sites (tertiary alicyclic amines) is 1. The van der Waals surface area contributed by atoms with E-state index < -0.39 is 0 Å². The van der Waals surface area contributed by atoms with Gasteiger partial charge in [0, 0.05) is 13.1 Å². The number of piperidine rings is 1. The third kappa shape index (κ3) is 3.56. The van der Waals surface area contributed by atoms with Crippen LogP contribution in [-0.2, 0) is 0 Å². The zero-order valence-electron chi connectivity index (χ0n) is 13.6. The molecule has 1 aliphatic heterocycles. The number of nitrogens with zero attached hydrogens (tertiary/aromatic N) is 1. The van der Waals surface area contributed by atoms with Crippen LogP contribution in [0.4, 0.5) is 5.69 Å². The number of nitrogens with two attached hydrogens (primary N) is 1. The second-order valence-corrected chi connectivity index (χ2v) is 7.13. The zero-order valence-corrected chi connectivity index (χ0v) is 13.6. The van der Waals surface area contributed by atoms with Crippen LogP contribution in [0.5, 0.6) is 0 Å². The summed E-state index contributed by atoms with van der Waals surface area (Å²) in [7, 11) is 0. The van der Waals surface area contributed by atoms with Crippen LogP contribution in [-0.4, -0.2) is 23.9 Å². The van der Waals surface area contributed by atoms with E-state index in [1.165, 1.54) is 0 Å². The van der Waals surface area contributed by atoms with Crippen molar-refractivity contribution in [3.05, 3.63) is 29.3 Å². The van der Waals surface area contributed by atoms with Gasteiger partial charge >= 0.3 is 0 Å². The second kappa shape index (κ2) is 6.06. The molecule has 0 radical (unpaired) electrons. The summed E-state index contributed by atoms with van der Waals surface area (Å²) in [6.07, 6.45) is 2.15. The first-order valence-corrected chi connectivity index (χ1v) is 7.69. The number of nitrogen functional groups attached to an aromatic ring is 1. The van der Waals surface area contributed by atoms with Gasteiger partial charge in [-0.2, -0.15) is 0 Å². The maximum atomic E-state index is 12.7. The number of benzene rings is 1. The van der Waals surface area contributed by atoms with Crippen molar-refractivity contribution in [3.8, 4) is 0 Å². The van der Waals surface area contributed by atoms with Gasteiger partial charge in [0.2, 0.25) is 0 Å². The smallest absolute Gasteiger partial charge is 0.256 e. The Morgan fingerprint density at radius 3 is 2.43 bits per heavy atom. The van der Waals surface area contributed by atoms with Gasteiger partial charge in [0.25, 0.3) is 5.91 Å². The number of aryl methyl sites for hydroxylation is 1. The van der Waals surface area contributed by atoms with Crippen molar-refractivity contribution in [2.45, 2.75) is 40.5 Å². The van der Waals surface area contributed by atoms with Crippen molar-refractivity contribution in [2.24, 2.45) is 17.2 Å². The lowest BCUT2D eigenvalue weighted by Gasteiger charge is -2.39. The average molecular weight is 289 g/mol. The highest BCUT2D eigenvalue weighted by Crippen LogP contribution is 2.34. The van der Waals surface area contributed by atoms with Crippen LogP contribution in [0.2, 0.25) is 0 Å². The highest BCUT2D eigenvalue weighted by atomic mass is 16.2. The van der Waals surface area contributed by atoms with Crippen molar-refractivity contribution < 1.29 is 4.79 Å². The monoisotopic (exact) mass is 289 g/mol. The number of carbonyl (C=O) groups is 1. The number of nitrogens with one attached hydrogen (secondary N) is 1. The van der Waals surface area contributed by atoms with E-state index in [2.05, 4.69) is 26.2 Å². The highest BCUT2D eigenvalue weighted by molar-refractivity contribution is 5.99. The molecule has 3 N–H and O–H groups in total.